The highest BCUT2D eigenvalue weighted by atomic mass is 19.4. The van der Waals surface area contributed by atoms with Gasteiger partial charge in [-0.3, -0.25) is 9.59 Å². The molecule has 0 aliphatic carbocycles. The van der Waals surface area contributed by atoms with Crippen LogP contribution in [-0.4, -0.2) is 11.8 Å². The highest BCUT2D eigenvalue weighted by molar-refractivity contribution is 5.91. The Morgan fingerprint density at radius 3 is 1.86 bits per heavy atom. The van der Waals surface area contributed by atoms with Gasteiger partial charge in [0, 0.05) is 12.6 Å². The van der Waals surface area contributed by atoms with Crippen LogP contribution in [0.4, 0.5) is 32.0 Å². The summed E-state index contributed by atoms with van der Waals surface area (Å²) >= 11 is 0. The fraction of sp³-hybridized carbons (Fsp3) is 0.263. The van der Waals surface area contributed by atoms with Crippen molar-refractivity contribution in [1.29, 1.82) is 0 Å². The highest BCUT2D eigenvalue weighted by Crippen LogP contribution is 2.37. The number of hydrogen-bond donors (Lipinski definition) is 2. The van der Waals surface area contributed by atoms with E-state index >= 15 is 0 Å². The first-order valence-corrected chi connectivity index (χ1v) is 8.27. The largest absolute Gasteiger partial charge is 0.416 e. The normalized spacial score (nSPS) is 12.9. The Labute approximate surface area is 161 Å². The average molecular weight is 418 g/mol. The molecular formula is C19H16F6N2O2. The van der Waals surface area contributed by atoms with Crippen LogP contribution in [0.15, 0.2) is 48.5 Å². The fourth-order valence-corrected chi connectivity index (χ4v) is 2.61. The van der Waals surface area contributed by atoms with E-state index in [1.165, 1.54) is 6.92 Å². The third-order valence-corrected chi connectivity index (χ3v) is 3.84. The van der Waals surface area contributed by atoms with Gasteiger partial charge < -0.3 is 10.6 Å². The maximum Gasteiger partial charge on any atom is 0.416 e. The molecule has 0 radical (unpaired) electrons. The van der Waals surface area contributed by atoms with Crippen LogP contribution in [0.1, 0.15) is 36.1 Å². The summed E-state index contributed by atoms with van der Waals surface area (Å²) in [6, 6.07) is 8.28. The molecule has 0 bridgehead atoms. The van der Waals surface area contributed by atoms with Gasteiger partial charge in [0.05, 0.1) is 23.6 Å². The smallest absolute Gasteiger partial charge is 0.349 e. The molecule has 2 rings (SSSR count). The number of benzene rings is 2. The van der Waals surface area contributed by atoms with Crippen molar-refractivity contribution in [3.63, 3.8) is 0 Å². The maximum absolute atomic E-state index is 12.9. The second kappa shape index (κ2) is 8.54. The number of carbonyl (C=O) groups excluding carboxylic acids is 2. The molecule has 0 aliphatic rings. The first kappa shape index (κ1) is 22.3. The van der Waals surface area contributed by atoms with Gasteiger partial charge in [0.2, 0.25) is 11.8 Å². The molecular weight excluding hydrogens is 402 g/mol. The molecule has 0 saturated heterocycles. The summed E-state index contributed by atoms with van der Waals surface area (Å²) in [5.41, 5.74) is -3.17. The van der Waals surface area contributed by atoms with E-state index in [-0.39, 0.29) is 12.5 Å². The summed E-state index contributed by atoms with van der Waals surface area (Å²) in [5, 5.41) is 4.57. The molecule has 0 spiro atoms. The summed E-state index contributed by atoms with van der Waals surface area (Å²) in [6.45, 7) is 1.22. The minimum absolute atomic E-state index is 0.0280. The summed E-state index contributed by atoms with van der Waals surface area (Å²) < 4.78 is 77.5. The van der Waals surface area contributed by atoms with Crippen LogP contribution in [0, 0.1) is 0 Å². The van der Waals surface area contributed by atoms with Crippen LogP contribution in [-0.2, 0) is 21.9 Å². The van der Waals surface area contributed by atoms with Crippen molar-refractivity contribution in [3.8, 4) is 0 Å². The predicted molar refractivity (Wildman–Crippen MR) is 92.7 cm³/mol. The van der Waals surface area contributed by atoms with Gasteiger partial charge in [-0.15, -0.1) is 0 Å². The Kier molecular flexibility index (Phi) is 6.55. The van der Waals surface area contributed by atoms with Gasteiger partial charge in [-0.05, 0) is 23.8 Å². The zero-order chi connectivity index (χ0) is 21.8. The molecule has 0 fully saturated rings. The molecule has 10 heteroatoms. The van der Waals surface area contributed by atoms with Gasteiger partial charge in [0.25, 0.3) is 0 Å². The highest BCUT2D eigenvalue weighted by Gasteiger charge is 2.37. The second-order valence-corrected chi connectivity index (χ2v) is 6.21. The third-order valence-electron chi connectivity index (χ3n) is 3.84. The number of halogens is 6. The Balaban J connectivity index is 2.27. The zero-order valence-corrected chi connectivity index (χ0v) is 15.0. The van der Waals surface area contributed by atoms with Crippen molar-refractivity contribution in [2.45, 2.75) is 31.7 Å². The van der Waals surface area contributed by atoms with Crippen LogP contribution in [0.25, 0.3) is 0 Å². The molecule has 2 amide bonds. The Bertz CT molecular complexity index is 846. The monoisotopic (exact) mass is 418 g/mol. The number of hydrogen-bond acceptors (Lipinski definition) is 2. The molecule has 2 N–H and O–H groups in total. The van der Waals surface area contributed by atoms with Gasteiger partial charge in [0.15, 0.2) is 0 Å². The fourth-order valence-electron chi connectivity index (χ4n) is 2.61. The lowest BCUT2D eigenvalue weighted by molar-refractivity contribution is -0.143. The van der Waals surface area contributed by atoms with Crippen molar-refractivity contribution >= 4 is 17.5 Å². The molecule has 4 nitrogen and oxygen atoms in total. The molecule has 0 heterocycles. The lowest BCUT2D eigenvalue weighted by Crippen LogP contribution is -2.29. The van der Waals surface area contributed by atoms with E-state index in [1.807, 2.05) is 0 Å². The minimum Gasteiger partial charge on any atom is -0.349 e. The lowest BCUT2D eigenvalue weighted by atomic mass is 10.0. The minimum atomic E-state index is -5.02. The molecule has 1 atom stereocenters. The maximum atomic E-state index is 12.9. The summed E-state index contributed by atoms with van der Waals surface area (Å²) in [7, 11) is 0. The number of carbonyl (C=O) groups is 2. The molecule has 1 unspecified atom stereocenters. The van der Waals surface area contributed by atoms with Gasteiger partial charge in [-0.1, -0.05) is 30.3 Å². The lowest BCUT2D eigenvalue weighted by Gasteiger charge is -2.19. The van der Waals surface area contributed by atoms with Crippen LogP contribution >= 0.6 is 0 Å². The van der Waals surface area contributed by atoms with Crippen LogP contribution < -0.4 is 10.6 Å². The Morgan fingerprint density at radius 2 is 1.41 bits per heavy atom. The quantitative estimate of drug-likeness (QED) is 0.677. The molecule has 2 aromatic rings. The standard InChI is InChI=1S/C19H16F6N2O2/c1-11(28)26-16(12-5-3-2-4-6-12)10-17(29)27-15-8-13(18(20,21)22)7-14(9-15)19(23,24)25/h2-9,16H,10H2,1H3,(H,26,28)(H,27,29). The summed E-state index contributed by atoms with van der Waals surface area (Å²) in [5.74, 6) is -1.31. The van der Waals surface area contributed by atoms with Crippen LogP contribution in [0.3, 0.4) is 0 Å². The average Bonchev–Trinajstić information content (AvgIpc) is 2.59. The van der Waals surface area contributed by atoms with Gasteiger partial charge >= 0.3 is 12.4 Å². The number of rotatable bonds is 5. The van der Waals surface area contributed by atoms with E-state index in [2.05, 4.69) is 10.6 Å². The van der Waals surface area contributed by atoms with Crippen molar-refractivity contribution in [3.05, 3.63) is 65.2 Å². The number of nitrogens with one attached hydrogen (secondary N) is 2. The van der Waals surface area contributed by atoms with E-state index < -0.39 is 47.0 Å². The molecule has 156 valence electrons. The van der Waals surface area contributed by atoms with Gasteiger partial charge in [-0.2, -0.15) is 26.3 Å². The predicted octanol–water partition coefficient (Wildman–Crippen LogP) is 4.93. The van der Waals surface area contributed by atoms with E-state index in [0.29, 0.717) is 17.7 Å². The van der Waals surface area contributed by atoms with Crippen molar-refractivity contribution in [2.75, 3.05) is 5.32 Å². The Morgan fingerprint density at radius 1 is 0.897 bits per heavy atom. The SMILES string of the molecule is CC(=O)NC(CC(=O)Nc1cc(C(F)(F)F)cc(C(F)(F)F)c1)c1ccccc1. The first-order chi connectivity index (χ1) is 13.4. The van der Waals surface area contributed by atoms with E-state index in [1.54, 1.807) is 30.3 Å². The van der Waals surface area contributed by atoms with E-state index in [9.17, 15) is 35.9 Å². The van der Waals surface area contributed by atoms with Crippen molar-refractivity contribution in [1.82, 2.24) is 5.32 Å². The third kappa shape index (κ3) is 6.51. The molecule has 0 aliphatic heterocycles. The van der Waals surface area contributed by atoms with Crippen molar-refractivity contribution in [2.24, 2.45) is 0 Å². The molecule has 0 saturated carbocycles. The summed E-state index contributed by atoms with van der Waals surface area (Å²) in [6.07, 6.45) is -10.4. The molecule has 2 aromatic carbocycles. The number of anilines is 1. The number of alkyl halides is 6. The van der Waals surface area contributed by atoms with E-state index in [4.69, 9.17) is 0 Å². The van der Waals surface area contributed by atoms with E-state index in [0.717, 1.165) is 0 Å². The first-order valence-electron chi connectivity index (χ1n) is 8.27. The summed E-state index contributed by atoms with van der Waals surface area (Å²) in [4.78, 5) is 23.7. The van der Waals surface area contributed by atoms with Crippen molar-refractivity contribution < 1.29 is 35.9 Å². The molecule has 29 heavy (non-hydrogen) atoms. The second-order valence-electron chi connectivity index (χ2n) is 6.21. The topological polar surface area (TPSA) is 58.2 Å². The molecule has 0 aromatic heterocycles. The number of amides is 2. The van der Waals surface area contributed by atoms with Gasteiger partial charge in [-0.25, -0.2) is 0 Å². The zero-order valence-electron chi connectivity index (χ0n) is 15.0. The van der Waals surface area contributed by atoms with Crippen LogP contribution in [0.5, 0.6) is 0 Å². The van der Waals surface area contributed by atoms with Gasteiger partial charge in [0.1, 0.15) is 0 Å². The van der Waals surface area contributed by atoms with Crippen LogP contribution in [0.2, 0.25) is 0 Å². The Hall–Kier alpha value is -3.04.